The summed E-state index contributed by atoms with van der Waals surface area (Å²) < 4.78 is 5.51. The number of rotatable bonds is 4. The number of methoxy groups -OCH3 is 1. The molecule has 0 saturated heterocycles. The van der Waals surface area contributed by atoms with Crippen LogP contribution in [0.25, 0.3) is 0 Å². The number of nitrogens with zero attached hydrogens (tertiary/aromatic N) is 1. The Hall–Kier alpha value is -1.95. The van der Waals surface area contributed by atoms with Gasteiger partial charge in [0.2, 0.25) is 0 Å². The molecule has 0 aromatic carbocycles. The molecule has 2 unspecified atom stereocenters. The molecule has 1 aliphatic rings. The van der Waals surface area contributed by atoms with Gasteiger partial charge < -0.3 is 15.2 Å². The highest BCUT2D eigenvalue weighted by atomic mass is 16.5. The van der Waals surface area contributed by atoms with Gasteiger partial charge in [0.1, 0.15) is 5.69 Å². The highest BCUT2D eigenvalue weighted by Gasteiger charge is 2.58. The minimum atomic E-state index is -1.08. The molecule has 21 heavy (non-hydrogen) atoms. The molecule has 1 aromatic heterocycles. The van der Waals surface area contributed by atoms with Crippen molar-refractivity contribution in [2.75, 3.05) is 7.11 Å². The van der Waals surface area contributed by atoms with Crippen molar-refractivity contribution in [3.05, 3.63) is 29.6 Å². The van der Waals surface area contributed by atoms with Gasteiger partial charge in [-0.05, 0) is 25.5 Å². The molecule has 2 N–H and O–H groups in total. The molecule has 1 aromatic rings. The van der Waals surface area contributed by atoms with Crippen molar-refractivity contribution in [1.82, 2.24) is 10.3 Å². The van der Waals surface area contributed by atoms with E-state index in [2.05, 4.69) is 10.3 Å². The number of amides is 1. The van der Waals surface area contributed by atoms with Gasteiger partial charge in [-0.15, -0.1) is 0 Å². The summed E-state index contributed by atoms with van der Waals surface area (Å²) in [5, 5.41) is 11.8. The molecule has 114 valence electrons. The largest absolute Gasteiger partial charge is 0.478 e. The van der Waals surface area contributed by atoms with Crippen LogP contribution in [0.2, 0.25) is 0 Å². The van der Waals surface area contributed by atoms with E-state index in [1.54, 1.807) is 7.11 Å². The Morgan fingerprint density at radius 2 is 2.10 bits per heavy atom. The summed E-state index contributed by atoms with van der Waals surface area (Å²) in [6, 6.07) is 2.60. The van der Waals surface area contributed by atoms with Crippen LogP contribution in [0.1, 0.15) is 48.0 Å². The van der Waals surface area contributed by atoms with Crippen LogP contribution in [0.5, 0.6) is 0 Å². The van der Waals surface area contributed by atoms with E-state index in [-0.39, 0.29) is 34.2 Å². The van der Waals surface area contributed by atoms with E-state index in [0.717, 1.165) is 0 Å². The number of hydrogen-bond donors (Lipinski definition) is 2. The second kappa shape index (κ2) is 5.11. The molecular formula is C15H20N2O4. The highest BCUT2D eigenvalue weighted by molar-refractivity contribution is 5.96. The number of ether oxygens (including phenoxy) is 1. The zero-order chi connectivity index (χ0) is 15.8. The smallest absolute Gasteiger partial charge is 0.335 e. The second-order valence-electron chi connectivity index (χ2n) is 6.12. The van der Waals surface area contributed by atoms with E-state index in [4.69, 9.17) is 9.84 Å². The third kappa shape index (κ3) is 2.51. The van der Waals surface area contributed by atoms with Crippen molar-refractivity contribution in [2.24, 2.45) is 5.41 Å². The van der Waals surface area contributed by atoms with E-state index in [9.17, 15) is 9.59 Å². The Labute approximate surface area is 123 Å². The fraction of sp³-hybridized carbons (Fsp3) is 0.533. The number of carbonyl (C=O) groups excluding carboxylic acids is 1. The molecule has 0 bridgehead atoms. The molecule has 1 amide bonds. The van der Waals surface area contributed by atoms with Gasteiger partial charge in [-0.2, -0.15) is 0 Å². The molecule has 1 saturated carbocycles. The van der Waals surface area contributed by atoms with Gasteiger partial charge in [0.25, 0.3) is 5.91 Å². The molecule has 1 heterocycles. The van der Waals surface area contributed by atoms with Gasteiger partial charge in [0.05, 0.1) is 11.2 Å². The molecule has 2 atom stereocenters. The number of aromatic nitrogens is 1. The average molecular weight is 292 g/mol. The maximum absolute atomic E-state index is 12.2. The summed E-state index contributed by atoms with van der Waals surface area (Å²) >= 11 is 0. The van der Waals surface area contributed by atoms with Crippen LogP contribution < -0.4 is 5.32 Å². The van der Waals surface area contributed by atoms with Gasteiger partial charge >= 0.3 is 5.97 Å². The molecular weight excluding hydrogens is 272 g/mol. The van der Waals surface area contributed by atoms with E-state index < -0.39 is 5.97 Å². The summed E-state index contributed by atoms with van der Waals surface area (Å²) in [6.07, 6.45) is 2.03. The number of aromatic carboxylic acids is 1. The van der Waals surface area contributed by atoms with Crippen molar-refractivity contribution >= 4 is 11.9 Å². The first-order valence-electron chi connectivity index (χ1n) is 6.76. The third-order valence-electron chi connectivity index (χ3n) is 4.82. The highest BCUT2D eigenvalue weighted by Crippen LogP contribution is 2.51. The number of pyridine rings is 1. The van der Waals surface area contributed by atoms with Gasteiger partial charge in [-0.1, -0.05) is 13.8 Å². The predicted molar refractivity (Wildman–Crippen MR) is 76.3 cm³/mol. The summed E-state index contributed by atoms with van der Waals surface area (Å²) in [4.78, 5) is 27.0. The van der Waals surface area contributed by atoms with E-state index in [1.165, 1.54) is 18.3 Å². The zero-order valence-electron chi connectivity index (χ0n) is 12.6. The summed E-state index contributed by atoms with van der Waals surface area (Å²) in [5.41, 5.74) is -0.329. The van der Waals surface area contributed by atoms with Crippen LogP contribution in [-0.4, -0.2) is 40.7 Å². The lowest BCUT2D eigenvalue weighted by molar-refractivity contribution is -0.177. The Morgan fingerprint density at radius 1 is 1.43 bits per heavy atom. The zero-order valence-corrected chi connectivity index (χ0v) is 12.6. The van der Waals surface area contributed by atoms with Crippen molar-refractivity contribution in [3.63, 3.8) is 0 Å². The first-order valence-corrected chi connectivity index (χ1v) is 6.76. The van der Waals surface area contributed by atoms with Crippen LogP contribution in [0.4, 0.5) is 0 Å². The van der Waals surface area contributed by atoms with Crippen LogP contribution in [0, 0.1) is 5.41 Å². The van der Waals surface area contributed by atoms with Crippen molar-refractivity contribution in [1.29, 1.82) is 0 Å². The first-order chi connectivity index (χ1) is 9.71. The Kier molecular flexibility index (Phi) is 3.76. The lowest BCUT2D eigenvalue weighted by Gasteiger charge is -2.59. The summed E-state index contributed by atoms with van der Waals surface area (Å²) in [7, 11) is 1.66. The van der Waals surface area contributed by atoms with Crippen LogP contribution in [0.15, 0.2) is 18.3 Å². The van der Waals surface area contributed by atoms with Gasteiger partial charge in [0, 0.05) is 24.8 Å². The fourth-order valence-electron chi connectivity index (χ4n) is 2.64. The predicted octanol–water partition coefficient (Wildman–Crippen LogP) is 1.71. The van der Waals surface area contributed by atoms with E-state index >= 15 is 0 Å². The number of carbonyl (C=O) groups is 2. The molecule has 6 heteroatoms. The number of carboxylic acids is 1. The van der Waals surface area contributed by atoms with Crippen LogP contribution >= 0.6 is 0 Å². The second-order valence-corrected chi connectivity index (χ2v) is 6.12. The van der Waals surface area contributed by atoms with E-state index in [0.29, 0.717) is 6.42 Å². The van der Waals surface area contributed by atoms with Crippen molar-refractivity contribution < 1.29 is 19.4 Å². The minimum Gasteiger partial charge on any atom is -0.478 e. The summed E-state index contributed by atoms with van der Waals surface area (Å²) in [6.45, 7) is 6.08. The molecule has 0 radical (unpaired) electrons. The Morgan fingerprint density at radius 3 is 2.62 bits per heavy atom. The monoisotopic (exact) mass is 292 g/mol. The lowest BCUT2D eigenvalue weighted by Crippen LogP contribution is -2.68. The molecule has 0 aliphatic heterocycles. The normalized spacial score (nSPS) is 26.8. The molecule has 0 spiro atoms. The maximum atomic E-state index is 12.2. The molecule has 1 fully saturated rings. The van der Waals surface area contributed by atoms with Gasteiger partial charge in [-0.3, -0.25) is 9.78 Å². The first kappa shape index (κ1) is 15.4. The summed E-state index contributed by atoms with van der Waals surface area (Å²) in [5.74, 6) is -1.45. The minimum absolute atomic E-state index is 0.0368. The van der Waals surface area contributed by atoms with E-state index in [1.807, 2.05) is 20.8 Å². The molecule has 1 aliphatic carbocycles. The van der Waals surface area contributed by atoms with Crippen molar-refractivity contribution in [2.45, 2.75) is 38.8 Å². The number of hydrogen-bond acceptors (Lipinski definition) is 4. The standard InChI is InChI=1S/C15H20N2O4/c1-14(2)11(8-15(14,3)21-4)17-12(18)10-7-9(13(19)20)5-6-16-10/h5-7,11H,8H2,1-4H3,(H,17,18)(H,19,20). The maximum Gasteiger partial charge on any atom is 0.335 e. The fourth-order valence-corrected chi connectivity index (χ4v) is 2.64. The number of carboxylic acid groups (broad SMARTS) is 1. The topological polar surface area (TPSA) is 88.5 Å². The quantitative estimate of drug-likeness (QED) is 0.882. The average Bonchev–Trinajstić information content (AvgIpc) is 2.46. The molecule has 2 rings (SSSR count). The SMILES string of the molecule is COC1(C)CC(NC(=O)c2cc(C(=O)O)ccn2)C1(C)C. The van der Waals surface area contributed by atoms with Gasteiger partial charge in [0.15, 0.2) is 0 Å². The molecule has 6 nitrogen and oxygen atoms in total. The van der Waals surface area contributed by atoms with Crippen LogP contribution in [-0.2, 0) is 4.74 Å². The lowest BCUT2D eigenvalue weighted by atomic mass is 9.56. The van der Waals surface area contributed by atoms with Crippen molar-refractivity contribution in [3.8, 4) is 0 Å². The van der Waals surface area contributed by atoms with Crippen LogP contribution in [0.3, 0.4) is 0 Å². The Balaban J connectivity index is 2.10. The Bertz CT molecular complexity index is 585. The van der Waals surface area contributed by atoms with Gasteiger partial charge in [-0.25, -0.2) is 4.79 Å². The third-order valence-corrected chi connectivity index (χ3v) is 4.82. The number of nitrogens with one attached hydrogen (secondary N) is 1.